The van der Waals surface area contributed by atoms with E-state index < -0.39 is 19.6 Å². The quantitative estimate of drug-likeness (QED) is 0.618. The van der Waals surface area contributed by atoms with Crippen molar-refractivity contribution in [3.05, 3.63) is 0 Å². The molecule has 0 N–H and O–H groups in total. The molecule has 5 nitrogen and oxygen atoms in total. The van der Waals surface area contributed by atoms with Crippen LogP contribution >= 0.6 is 0 Å². The minimum absolute atomic E-state index is 0.0722. The highest BCUT2D eigenvalue weighted by atomic mass is 28.4. The highest BCUT2D eigenvalue weighted by molar-refractivity contribution is 6.74. The third kappa shape index (κ3) is 4.81. The van der Waals surface area contributed by atoms with Crippen LogP contribution in [0.5, 0.6) is 0 Å². The molecular formula is C20H39NO4Si. The number of rotatable bonds is 3. The lowest BCUT2D eigenvalue weighted by Crippen LogP contribution is -2.55. The van der Waals surface area contributed by atoms with Gasteiger partial charge in [-0.25, -0.2) is 4.79 Å². The number of carbonyl (C=O) groups is 1. The summed E-state index contributed by atoms with van der Waals surface area (Å²) in [5.41, 5.74) is -1.01. The average Bonchev–Trinajstić information content (AvgIpc) is 2.81. The molecule has 1 atom stereocenters. The standard InChI is InChI=1S/C20H39NO4Si/c1-18(2,3)25-17(22)21-16(15-24-26(7,8)19(4,5)6)14-23-20(21)12-10-9-11-13-20/h16H,9-15H2,1-8H3/t16-/m1/s1. The van der Waals surface area contributed by atoms with Gasteiger partial charge in [0.1, 0.15) is 11.3 Å². The lowest BCUT2D eigenvalue weighted by molar-refractivity contribution is -0.109. The highest BCUT2D eigenvalue weighted by Gasteiger charge is 2.52. The van der Waals surface area contributed by atoms with Crippen LogP contribution in [0.1, 0.15) is 73.6 Å². The van der Waals surface area contributed by atoms with Crippen molar-refractivity contribution in [1.82, 2.24) is 4.90 Å². The summed E-state index contributed by atoms with van der Waals surface area (Å²) in [5.74, 6) is 0. The molecular weight excluding hydrogens is 346 g/mol. The molecule has 1 aliphatic heterocycles. The summed E-state index contributed by atoms with van der Waals surface area (Å²) < 4.78 is 18.4. The molecule has 2 aliphatic rings. The van der Waals surface area contributed by atoms with E-state index in [9.17, 15) is 4.79 Å². The third-order valence-electron chi connectivity index (χ3n) is 6.02. The predicted molar refractivity (Wildman–Crippen MR) is 107 cm³/mol. The number of hydrogen-bond donors (Lipinski definition) is 0. The van der Waals surface area contributed by atoms with Crippen molar-refractivity contribution in [2.45, 2.75) is 109 Å². The Hall–Kier alpha value is -0.593. The fourth-order valence-corrected chi connectivity index (χ4v) is 4.53. The second-order valence-electron chi connectivity index (χ2n) is 10.4. The summed E-state index contributed by atoms with van der Waals surface area (Å²) in [6.07, 6.45) is 4.91. The van der Waals surface area contributed by atoms with Crippen molar-refractivity contribution in [2.75, 3.05) is 13.2 Å². The summed E-state index contributed by atoms with van der Waals surface area (Å²) in [5, 5.41) is 0.145. The van der Waals surface area contributed by atoms with Crippen LogP contribution in [-0.4, -0.2) is 49.9 Å². The Morgan fingerprint density at radius 3 is 2.19 bits per heavy atom. The van der Waals surface area contributed by atoms with Crippen molar-refractivity contribution in [1.29, 1.82) is 0 Å². The molecule has 1 saturated carbocycles. The van der Waals surface area contributed by atoms with Crippen LogP contribution < -0.4 is 0 Å². The molecule has 0 bridgehead atoms. The summed E-state index contributed by atoms with van der Waals surface area (Å²) in [4.78, 5) is 14.9. The maximum absolute atomic E-state index is 13.0. The van der Waals surface area contributed by atoms with E-state index in [1.165, 1.54) is 6.42 Å². The minimum atomic E-state index is -1.88. The van der Waals surface area contributed by atoms with E-state index in [4.69, 9.17) is 13.9 Å². The maximum atomic E-state index is 13.0. The van der Waals surface area contributed by atoms with Gasteiger partial charge in [-0.2, -0.15) is 0 Å². The van der Waals surface area contributed by atoms with Crippen molar-refractivity contribution in [2.24, 2.45) is 0 Å². The zero-order chi connectivity index (χ0) is 19.8. The van der Waals surface area contributed by atoms with Crippen molar-refractivity contribution in [3.63, 3.8) is 0 Å². The van der Waals surface area contributed by atoms with Crippen LogP contribution in [0.4, 0.5) is 4.79 Å². The van der Waals surface area contributed by atoms with E-state index in [2.05, 4.69) is 33.9 Å². The van der Waals surface area contributed by atoms with Gasteiger partial charge in [-0.3, -0.25) is 4.90 Å². The first-order valence-corrected chi connectivity index (χ1v) is 13.0. The molecule has 26 heavy (non-hydrogen) atoms. The molecule has 0 aromatic heterocycles. The Balaban J connectivity index is 2.17. The van der Waals surface area contributed by atoms with E-state index >= 15 is 0 Å². The van der Waals surface area contributed by atoms with E-state index in [1.54, 1.807) is 0 Å². The Morgan fingerprint density at radius 1 is 1.12 bits per heavy atom. The molecule has 1 aliphatic carbocycles. The molecule has 1 amide bonds. The first kappa shape index (κ1) is 21.7. The van der Waals surface area contributed by atoms with Gasteiger partial charge in [0.05, 0.1) is 19.3 Å². The van der Waals surface area contributed by atoms with E-state index in [0.717, 1.165) is 25.7 Å². The molecule has 1 saturated heterocycles. The van der Waals surface area contributed by atoms with Crippen LogP contribution in [-0.2, 0) is 13.9 Å². The van der Waals surface area contributed by atoms with Crippen LogP contribution in [0.2, 0.25) is 18.1 Å². The zero-order valence-corrected chi connectivity index (χ0v) is 19.1. The van der Waals surface area contributed by atoms with Crippen LogP contribution in [0, 0.1) is 0 Å². The number of amides is 1. The number of ether oxygens (including phenoxy) is 2. The Morgan fingerprint density at radius 2 is 1.69 bits per heavy atom. The lowest BCUT2D eigenvalue weighted by Gasteiger charge is -2.43. The van der Waals surface area contributed by atoms with Crippen molar-refractivity contribution < 1.29 is 18.7 Å². The topological polar surface area (TPSA) is 48.0 Å². The molecule has 1 heterocycles. The second-order valence-corrected chi connectivity index (χ2v) is 15.2. The van der Waals surface area contributed by atoms with Gasteiger partial charge in [0.25, 0.3) is 0 Å². The lowest BCUT2D eigenvalue weighted by atomic mass is 9.90. The average molecular weight is 386 g/mol. The molecule has 2 rings (SSSR count). The summed E-state index contributed by atoms with van der Waals surface area (Å²) in [7, 11) is -1.88. The minimum Gasteiger partial charge on any atom is -0.444 e. The van der Waals surface area contributed by atoms with Crippen LogP contribution in [0.15, 0.2) is 0 Å². The van der Waals surface area contributed by atoms with Gasteiger partial charge in [-0.1, -0.05) is 27.2 Å². The molecule has 1 spiro atoms. The molecule has 2 fully saturated rings. The molecule has 0 aromatic carbocycles. The van der Waals surface area contributed by atoms with Crippen LogP contribution in [0.3, 0.4) is 0 Å². The molecule has 152 valence electrons. The van der Waals surface area contributed by atoms with Gasteiger partial charge in [-0.05, 0) is 64.6 Å². The Kier molecular flexibility index (Phi) is 6.21. The van der Waals surface area contributed by atoms with Gasteiger partial charge in [-0.15, -0.1) is 0 Å². The van der Waals surface area contributed by atoms with Gasteiger partial charge in [0.15, 0.2) is 8.32 Å². The highest BCUT2D eigenvalue weighted by Crippen LogP contribution is 2.42. The van der Waals surface area contributed by atoms with Gasteiger partial charge in [0, 0.05) is 0 Å². The molecule has 0 aromatic rings. The Labute approximate surface area is 160 Å². The number of hydrogen-bond acceptors (Lipinski definition) is 4. The number of nitrogens with zero attached hydrogens (tertiary/aromatic N) is 1. The van der Waals surface area contributed by atoms with Gasteiger partial charge < -0.3 is 13.9 Å². The zero-order valence-electron chi connectivity index (χ0n) is 18.1. The largest absolute Gasteiger partial charge is 0.444 e. The van der Waals surface area contributed by atoms with Crippen molar-refractivity contribution >= 4 is 14.4 Å². The smallest absolute Gasteiger partial charge is 0.412 e. The third-order valence-corrected chi connectivity index (χ3v) is 10.5. The van der Waals surface area contributed by atoms with E-state index in [0.29, 0.717) is 13.2 Å². The summed E-state index contributed by atoms with van der Waals surface area (Å²) >= 11 is 0. The van der Waals surface area contributed by atoms with Gasteiger partial charge in [0.2, 0.25) is 0 Å². The number of carbonyl (C=O) groups excluding carboxylic acids is 1. The first-order valence-electron chi connectivity index (χ1n) is 10.1. The molecule has 6 heteroatoms. The monoisotopic (exact) mass is 385 g/mol. The summed E-state index contributed by atoms with van der Waals surface area (Å²) in [6.45, 7) is 18.0. The summed E-state index contributed by atoms with van der Waals surface area (Å²) in [6, 6.07) is -0.0722. The maximum Gasteiger partial charge on any atom is 0.412 e. The predicted octanol–water partition coefficient (Wildman–Crippen LogP) is 5.30. The molecule has 0 unspecified atom stereocenters. The van der Waals surface area contributed by atoms with Crippen LogP contribution in [0.25, 0.3) is 0 Å². The van der Waals surface area contributed by atoms with Gasteiger partial charge >= 0.3 is 6.09 Å². The second kappa shape index (κ2) is 7.44. The Bertz CT molecular complexity index is 501. The van der Waals surface area contributed by atoms with E-state index in [1.807, 2.05) is 25.7 Å². The fourth-order valence-electron chi connectivity index (χ4n) is 3.49. The molecule has 0 radical (unpaired) electrons. The van der Waals surface area contributed by atoms with E-state index in [-0.39, 0.29) is 17.2 Å². The SMILES string of the molecule is CC(C)(C)OC(=O)N1[C@@H](CO[Si](C)(C)C(C)(C)C)COC12CCCCC2. The first-order chi connectivity index (χ1) is 11.8. The normalized spacial score (nSPS) is 24.2. The fraction of sp³-hybridized carbons (Fsp3) is 0.950. The van der Waals surface area contributed by atoms with Crippen molar-refractivity contribution in [3.8, 4) is 0 Å².